The first-order valence-corrected chi connectivity index (χ1v) is 5.52. The number of carbonyl (C=O) groups excluding carboxylic acids is 1. The molecule has 1 amide bonds. The van der Waals surface area contributed by atoms with Gasteiger partial charge in [0.25, 0.3) is 5.91 Å². The Bertz CT molecular complexity index is 461. The molecule has 4 nitrogen and oxygen atoms in total. The molecule has 17 heavy (non-hydrogen) atoms. The van der Waals surface area contributed by atoms with Gasteiger partial charge in [0.1, 0.15) is 5.69 Å². The highest BCUT2D eigenvalue weighted by molar-refractivity contribution is 5.92. The smallest absolute Gasteiger partial charge is 0.272 e. The maximum absolute atomic E-state index is 12.9. The van der Waals surface area contributed by atoms with Crippen LogP contribution in [0.25, 0.3) is 0 Å². The lowest BCUT2D eigenvalue weighted by atomic mass is 9.98. The molecule has 1 saturated heterocycles. The van der Waals surface area contributed by atoms with E-state index in [4.69, 9.17) is 5.26 Å². The number of amides is 1. The van der Waals surface area contributed by atoms with Crippen molar-refractivity contribution in [1.82, 2.24) is 9.88 Å². The molecule has 1 aromatic heterocycles. The van der Waals surface area contributed by atoms with Crippen LogP contribution >= 0.6 is 0 Å². The van der Waals surface area contributed by atoms with Gasteiger partial charge in [0.15, 0.2) is 0 Å². The van der Waals surface area contributed by atoms with Crippen LogP contribution in [-0.2, 0) is 0 Å². The third-order valence-corrected chi connectivity index (χ3v) is 2.90. The van der Waals surface area contributed by atoms with Crippen molar-refractivity contribution < 1.29 is 9.18 Å². The summed E-state index contributed by atoms with van der Waals surface area (Å²) in [4.78, 5) is 17.1. The Labute approximate surface area is 98.7 Å². The number of halogens is 1. The molecule has 0 bridgehead atoms. The minimum Gasteiger partial charge on any atom is -0.337 e. The predicted molar refractivity (Wildman–Crippen MR) is 58.4 cm³/mol. The van der Waals surface area contributed by atoms with Crippen LogP contribution in [0.4, 0.5) is 4.39 Å². The van der Waals surface area contributed by atoms with Crippen LogP contribution in [0.5, 0.6) is 0 Å². The van der Waals surface area contributed by atoms with Crippen molar-refractivity contribution in [2.45, 2.75) is 12.8 Å². The van der Waals surface area contributed by atoms with Crippen LogP contribution in [0.15, 0.2) is 18.2 Å². The number of likely N-dealkylation sites (tertiary alicyclic amines) is 1. The van der Waals surface area contributed by atoms with Crippen LogP contribution in [0.2, 0.25) is 0 Å². The van der Waals surface area contributed by atoms with Crippen molar-refractivity contribution in [3.8, 4) is 6.07 Å². The lowest BCUT2D eigenvalue weighted by Crippen LogP contribution is -2.38. The Morgan fingerprint density at radius 3 is 2.76 bits per heavy atom. The molecule has 0 N–H and O–H groups in total. The van der Waals surface area contributed by atoms with Crippen molar-refractivity contribution in [1.29, 1.82) is 5.26 Å². The van der Waals surface area contributed by atoms with Gasteiger partial charge in [0, 0.05) is 19.0 Å². The number of hydrogen-bond donors (Lipinski definition) is 0. The molecular formula is C12H12FN3O. The van der Waals surface area contributed by atoms with Crippen LogP contribution < -0.4 is 0 Å². The average Bonchev–Trinajstić information content (AvgIpc) is 2.38. The van der Waals surface area contributed by atoms with Gasteiger partial charge in [-0.05, 0) is 25.0 Å². The molecule has 1 aliphatic rings. The Morgan fingerprint density at radius 1 is 1.47 bits per heavy atom. The molecule has 0 atom stereocenters. The number of hydrogen-bond acceptors (Lipinski definition) is 3. The Balaban J connectivity index is 2.05. The number of nitriles is 1. The first-order valence-electron chi connectivity index (χ1n) is 5.52. The molecule has 0 aliphatic carbocycles. The number of aromatic nitrogens is 1. The van der Waals surface area contributed by atoms with Gasteiger partial charge in [0.2, 0.25) is 5.95 Å². The maximum atomic E-state index is 12.9. The second kappa shape index (κ2) is 4.91. The summed E-state index contributed by atoms with van der Waals surface area (Å²) >= 11 is 0. The van der Waals surface area contributed by atoms with E-state index in [0.29, 0.717) is 25.9 Å². The van der Waals surface area contributed by atoms with E-state index in [2.05, 4.69) is 11.1 Å². The van der Waals surface area contributed by atoms with Crippen molar-refractivity contribution in [3.05, 3.63) is 29.8 Å². The van der Waals surface area contributed by atoms with E-state index in [0.717, 1.165) is 0 Å². The average molecular weight is 233 g/mol. The molecule has 1 fully saturated rings. The van der Waals surface area contributed by atoms with Crippen LogP contribution in [0.1, 0.15) is 23.3 Å². The van der Waals surface area contributed by atoms with Gasteiger partial charge in [-0.15, -0.1) is 0 Å². The molecular weight excluding hydrogens is 221 g/mol. The summed E-state index contributed by atoms with van der Waals surface area (Å²) < 4.78 is 12.9. The fourth-order valence-electron chi connectivity index (χ4n) is 1.90. The molecule has 2 rings (SSSR count). The second-order valence-electron chi connectivity index (χ2n) is 4.04. The third-order valence-electron chi connectivity index (χ3n) is 2.90. The van der Waals surface area contributed by atoms with E-state index in [1.54, 1.807) is 4.90 Å². The zero-order valence-corrected chi connectivity index (χ0v) is 9.27. The fourth-order valence-corrected chi connectivity index (χ4v) is 1.90. The highest BCUT2D eigenvalue weighted by Gasteiger charge is 2.24. The van der Waals surface area contributed by atoms with Crippen LogP contribution in [0, 0.1) is 23.2 Å². The number of carbonyl (C=O) groups is 1. The van der Waals surface area contributed by atoms with E-state index < -0.39 is 5.95 Å². The van der Waals surface area contributed by atoms with Gasteiger partial charge in [-0.2, -0.15) is 9.65 Å². The van der Waals surface area contributed by atoms with Crippen molar-refractivity contribution in [2.24, 2.45) is 5.92 Å². The SMILES string of the molecule is N#CC1CCN(C(=O)c2cccc(F)n2)CC1. The monoisotopic (exact) mass is 233 g/mol. The standard InChI is InChI=1S/C12H12FN3O/c13-11-3-1-2-10(15-11)12(17)16-6-4-9(8-14)5-7-16/h1-3,9H,4-7H2. The normalized spacial score (nSPS) is 16.6. The molecule has 0 saturated carbocycles. The molecule has 0 radical (unpaired) electrons. The molecule has 0 spiro atoms. The van der Waals surface area contributed by atoms with Gasteiger partial charge in [-0.3, -0.25) is 4.79 Å². The summed E-state index contributed by atoms with van der Waals surface area (Å²) in [6, 6.07) is 6.38. The van der Waals surface area contributed by atoms with Gasteiger partial charge in [0.05, 0.1) is 6.07 Å². The lowest BCUT2D eigenvalue weighted by Gasteiger charge is -2.28. The fraction of sp³-hybridized carbons (Fsp3) is 0.417. The molecule has 88 valence electrons. The van der Waals surface area contributed by atoms with Gasteiger partial charge < -0.3 is 4.90 Å². The summed E-state index contributed by atoms with van der Waals surface area (Å²) in [6.45, 7) is 1.07. The summed E-state index contributed by atoms with van der Waals surface area (Å²) in [5.74, 6) is -0.886. The van der Waals surface area contributed by atoms with Gasteiger partial charge in [-0.1, -0.05) is 6.07 Å². The number of pyridine rings is 1. The van der Waals surface area contributed by atoms with Crippen molar-refractivity contribution >= 4 is 5.91 Å². The van der Waals surface area contributed by atoms with Crippen LogP contribution in [0.3, 0.4) is 0 Å². The van der Waals surface area contributed by atoms with E-state index in [-0.39, 0.29) is 17.5 Å². The molecule has 1 aromatic rings. The lowest BCUT2D eigenvalue weighted by molar-refractivity contribution is 0.0700. The first-order chi connectivity index (χ1) is 8.20. The summed E-state index contributed by atoms with van der Waals surface area (Å²) in [7, 11) is 0. The van der Waals surface area contributed by atoms with E-state index in [9.17, 15) is 9.18 Å². The molecule has 0 aromatic carbocycles. The highest BCUT2D eigenvalue weighted by atomic mass is 19.1. The van der Waals surface area contributed by atoms with Crippen molar-refractivity contribution in [3.63, 3.8) is 0 Å². The van der Waals surface area contributed by atoms with Crippen LogP contribution in [-0.4, -0.2) is 28.9 Å². The third kappa shape index (κ3) is 2.59. The van der Waals surface area contributed by atoms with Gasteiger partial charge in [-0.25, -0.2) is 4.98 Å². The zero-order valence-electron chi connectivity index (χ0n) is 9.27. The topological polar surface area (TPSA) is 57.0 Å². The summed E-state index contributed by atoms with van der Waals surface area (Å²) in [5, 5.41) is 8.75. The molecule has 1 aliphatic heterocycles. The minimum atomic E-state index is -0.650. The zero-order chi connectivity index (χ0) is 12.3. The number of nitrogens with zero attached hydrogens (tertiary/aromatic N) is 3. The predicted octanol–water partition coefficient (Wildman–Crippen LogP) is 1.60. The quantitative estimate of drug-likeness (QED) is 0.692. The largest absolute Gasteiger partial charge is 0.337 e. The molecule has 0 unspecified atom stereocenters. The Hall–Kier alpha value is -1.96. The second-order valence-corrected chi connectivity index (χ2v) is 4.04. The van der Waals surface area contributed by atoms with E-state index in [1.807, 2.05) is 0 Å². The Kier molecular flexibility index (Phi) is 3.33. The maximum Gasteiger partial charge on any atom is 0.272 e. The molecule has 5 heteroatoms. The van der Waals surface area contributed by atoms with Crippen molar-refractivity contribution in [2.75, 3.05) is 13.1 Å². The summed E-state index contributed by atoms with van der Waals surface area (Å²) in [6.07, 6.45) is 1.36. The number of piperidine rings is 1. The minimum absolute atomic E-state index is 0.0273. The molecule has 2 heterocycles. The van der Waals surface area contributed by atoms with E-state index in [1.165, 1.54) is 18.2 Å². The first kappa shape index (κ1) is 11.5. The van der Waals surface area contributed by atoms with Gasteiger partial charge >= 0.3 is 0 Å². The van der Waals surface area contributed by atoms with E-state index >= 15 is 0 Å². The Morgan fingerprint density at radius 2 is 2.18 bits per heavy atom. The number of rotatable bonds is 1. The highest BCUT2D eigenvalue weighted by Crippen LogP contribution is 2.17. The summed E-state index contributed by atoms with van der Waals surface area (Å²) in [5.41, 5.74) is 0.125.